The Labute approximate surface area is 198 Å². The highest BCUT2D eigenvalue weighted by Crippen LogP contribution is 2.29. The van der Waals surface area contributed by atoms with E-state index in [1.807, 2.05) is 42.5 Å². The van der Waals surface area contributed by atoms with Gasteiger partial charge in [0.1, 0.15) is 5.03 Å². The van der Waals surface area contributed by atoms with Crippen LogP contribution in [0.3, 0.4) is 0 Å². The highest BCUT2D eigenvalue weighted by Gasteiger charge is 2.20. The summed E-state index contributed by atoms with van der Waals surface area (Å²) in [6, 6.07) is 26.8. The Balaban J connectivity index is 1.28. The molecule has 1 aromatic heterocycles. The first-order valence-electron chi connectivity index (χ1n) is 11.3. The second-order valence-electron chi connectivity index (χ2n) is 8.16. The van der Waals surface area contributed by atoms with Crippen LogP contribution in [0.4, 0.5) is 5.95 Å². The van der Waals surface area contributed by atoms with E-state index in [0.717, 1.165) is 47.8 Å². The Hall–Kier alpha value is -3.38. The van der Waals surface area contributed by atoms with Crippen molar-refractivity contribution in [2.45, 2.75) is 24.4 Å². The molecule has 1 amide bonds. The highest BCUT2D eigenvalue weighted by atomic mass is 32.2. The minimum Gasteiger partial charge on any atom is -0.355 e. The van der Waals surface area contributed by atoms with Gasteiger partial charge in [-0.05, 0) is 35.6 Å². The molecule has 3 aromatic carbocycles. The number of amides is 1. The summed E-state index contributed by atoms with van der Waals surface area (Å²) in [5, 5.41) is 4.87. The lowest BCUT2D eigenvalue weighted by molar-refractivity contribution is -0.118. The number of aromatic nitrogens is 2. The average molecular weight is 455 g/mol. The molecule has 0 fully saturated rings. The van der Waals surface area contributed by atoms with Gasteiger partial charge >= 0.3 is 0 Å². The molecular formula is C27H26N4OS. The van der Waals surface area contributed by atoms with E-state index in [9.17, 15) is 4.79 Å². The van der Waals surface area contributed by atoms with Crippen LogP contribution < -0.4 is 10.2 Å². The number of carbonyl (C=O) groups is 1. The minimum atomic E-state index is 0.0204. The molecule has 1 aliphatic rings. The third-order valence-electron chi connectivity index (χ3n) is 5.89. The second-order valence-corrected chi connectivity index (χ2v) is 9.12. The molecular weight excluding hydrogens is 428 g/mol. The van der Waals surface area contributed by atoms with E-state index in [1.165, 1.54) is 28.5 Å². The van der Waals surface area contributed by atoms with E-state index in [-0.39, 0.29) is 5.91 Å². The summed E-state index contributed by atoms with van der Waals surface area (Å²) >= 11 is 1.48. The van der Waals surface area contributed by atoms with Crippen LogP contribution in [-0.4, -0.2) is 34.7 Å². The molecule has 0 aliphatic carbocycles. The van der Waals surface area contributed by atoms with Gasteiger partial charge in [0, 0.05) is 25.0 Å². The number of thioether (sulfide) groups is 1. The number of fused-ring (bicyclic) bond motifs is 2. The van der Waals surface area contributed by atoms with Crippen molar-refractivity contribution < 1.29 is 4.79 Å². The fourth-order valence-corrected chi connectivity index (χ4v) is 4.97. The zero-order valence-corrected chi connectivity index (χ0v) is 19.2. The summed E-state index contributed by atoms with van der Waals surface area (Å²) in [7, 11) is 0. The lowest BCUT2D eigenvalue weighted by Crippen LogP contribution is -2.32. The monoisotopic (exact) mass is 454 g/mol. The molecule has 0 spiro atoms. The molecule has 6 heteroatoms. The number of rotatable bonds is 7. The van der Waals surface area contributed by atoms with Gasteiger partial charge in [0.25, 0.3) is 0 Å². The highest BCUT2D eigenvalue weighted by molar-refractivity contribution is 8.00. The van der Waals surface area contributed by atoms with E-state index in [0.29, 0.717) is 12.3 Å². The van der Waals surface area contributed by atoms with Crippen molar-refractivity contribution in [3.05, 3.63) is 95.6 Å². The van der Waals surface area contributed by atoms with E-state index < -0.39 is 0 Å². The van der Waals surface area contributed by atoms with E-state index in [2.05, 4.69) is 46.6 Å². The fraction of sp³-hybridized carbons (Fsp3) is 0.222. The van der Waals surface area contributed by atoms with Gasteiger partial charge in [-0.15, -0.1) is 0 Å². The van der Waals surface area contributed by atoms with E-state index >= 15 is 0 Å². The predicted octanol–water partition coefficient (Wildman–Crippen LogP) is 4.64. The molecule has 5 nitrogen and oxygen atoms in total. The van der Waals surface area contributed by atoms with Crippen LogP contribution in [0.5, 0.6) is 0 Å². The van der Waals surface area contributed by atoms with Crippen LogP contribution in [0, 0.1) is 0 Å². The molecule has 2 heterocycles. The number of carbonyl (C=O) groups excluding carboxylic acids is 1. The van der Waals surface area contributed by atoms with Crippen LogP contribution in [0.15, 0.2) is 83.9 Å². The van der Waals surface area contributed by atoms with Crippen molar-refractivity contribution in [1.82, 2.24) is 15.3 Å². The number of anilines is 1. The quantitative estimate of drug-likeness (QED) is 0.326. The molecule has 0 saturated heterocycles. The third kappa shape index (κ3) is 5.17. The number of benzene rings is 3. The van der Waals surface area contributed by atoms with Crippen LogP contribution in [0.25, 0.3) is 10.9 Å². The van der Waals surface area contributed by atoms with Gasteiger partial charge in [-0.3, -0.25) is 4.79 Å². The Morgan fingerprint density at radius 3 is 2.55 bits per heavy atom. The average Bonchev–Trinajstić information content (AvgIpc) is 2.87. The molecule has 33 heavy (non-hydrogen) atoms. The summed E-state index contributed by atoms with van der Waals surface area (Å²) in [5.41, 5.74) is 4.86. The number of para-hydroxylation sites is 1. The van der Waals surface area contributed by atoms with Gasteiger partial charge in [0.2, 0.25) is 11.9 Å². The lowest BCUT2D eigenvalue weighted by Gasteiger charge is -2.29. The molecule has 0 bridgehead atoms. The van der Waals surface area contributed by atoms with Crippen molar-refractivity contribution in [3.8, 4) is 0 Å². The van der Waals surface area contributed by atoms with Crippen LogP contribution in [0.2, 0.25) is 0 Å². The first-order chi connectivity index (χ1) is 16.3. The third-order valence-corrected chi connectivity index (χ3v) is 6.88. The number of hydrogen-bond donors (Lipinski definition) is 1. The lowest BCUT2D eigenvalue weighted by atomic mass is 10.0. The molecule has 4 aromatic rings. The maximum Gasteiger partial charge on any atom is 0.230 e. The maximum atomic E-state index is 12.5. The normalized spacial score (nSPS) is 13.0. The zero-order chi connectivity index (χ0) is 22.5. The van der Waals surface area contributed by atoms with Crippen molar-refractivity contribution >= 4 is 34.5 Å². The Morgan fingerprint density at radius 2 is 1.67 bits per heavy atom. The summed E-state index contributed by atoms with van der Waals surface area (Å²) in [4.78, 5) is 24.5. The second kappa shape index (κ2) is 10.0. The molecule has 0 radical (unpaired) electrons. The Kier molecular flexibility index (Phi) is 6.53. The zero-order valence-electron chi connectivity index (χ0n) is 18.4. The molecule has 166 valence electrons. The number of nitrogens with zero attached hydrogens (tertiary/aromatic N) is 3. The summed E-state index contributed by atoms with van der Waals surface area (Å²) in [6.45, 7) is 2.32. The largest absolute Gasteiger partial charge is 0.355 e. The van der Waals surface area contributed by atoms with Crippen LogP contribution >= 0.6 is 11.8 Å². The summed E-state index contributed by atoms with van der Waals surface area (Å²) < 4.78 is 0. The van der Waals surface area contributed by atoms with Crippen LogP contribution in [0.1, 0.15) is 16.7 Å². The predicted molar refractivity (Wildman–Crippen MR) is 135 cm³/mol. The fourth-order valence-electron chi connectivity index (χ4n) is 4.13. The van der Waals surface area contributed by atoms with Crippen molar-refractivity contribution in [3.63, 3.8) is 0 Å². The van der Waals surface area contributed by atoms with Crippen LogP contribution in [-0.2, 0) is 24.2 Å². The molecule has 1 aliphatic heterocycles. The maximum absolute atomic E-state index is 12.5. The minimum absolute atomic E-state index is 0.0204. The topological polar surface area (TPSA) is 58.1 Å². The summed E-state index contributed by atoms with van der Waals surface area (Å²) in [5.74, 6) is 1.08. The van der Waals surface area contributed by atoms with E-state index in [4.69, 9.17) is 9.97 Å². The van der Waals surface area contributed by atoms with Crippen molar-refractivity contribution in [2.24, 2.45) is 0 Å². The molecule has 0 saturated carbocycles. The van der Waals surface area contributed by atoms with Gasteiger partial charge in [-0.2, -0.15) is 0 Å². The summed E-state index contributed by atoms with van der Waals surface area (Å²) in [6.07, 6.45) is 1.81. The van der Waals surface area contributed by atoms with Gasteiger partial charge in [0.05, 0.1) is 11.3 Å². The molecule has 5 rings (SSSR count). The van der Waals surface area contributed by atoms with Gasteiger partial charge in [0.15, 0.2) is 0 Å². The first-order valence-corrected chi connectivity index (χ1v) is 12.3. The van der Waals surface area contributed by atoms with Crippen molar-refractivity contribution in [1.29, 1.82) is 0 Å². The number of nitrogens with one attached hydrogen (secondary N) is 1. The van der Waals surface area contributed by atoms with Gasteiger partial charge < -0.3 is 10.2 Å². The van der Waals surface area contributed by atoms with Crippen molar-refractivity contribution in [2.75, 3.05) is 23.7 Å². The number of hydrogen-bond acceptors (Lipinski definition) is 5. The van der Waals surface area contributed by atoms with Gasteiger partial charge in [-0.1, -0.05) is 84.6 Å². The smallest absolute Gasteiger partial charge is 0.230 e. The van der Waals surface area contributed by atoms with Gasteiger partial charge in [-0.25, -0.2) is 9.97 Å². The standard InChI is InChI=1S/C27H26N4OS/c32-25(28-16-14-20-8-2-1-3-9-20)19-33-26-23-12-6-7-13-24(23)29-27(30-26)31-17-15-21-10-4-5-11-22(21)18-31/h1-13H,14-19H2,(H,28,32). The Morgan fingerprint density at radius 1 is 0.909 bits per heavy atom. The first kappa shape index (κ1) is 21.5. The molecule has 0 atom stereocenters. The molecule has 0 unspecified atom stereocenters. The van der Waals surface area contributed by atoms with E-state index in [1.54, 1.807) is 0 Å². The molecule has 1 N–H and O–H groups in total. The Bertz CT molecular complexity index is 1260. The SMILES string of the molecule is O=C(CSc1nc(N2CCc3ccccc3C2)nc2ccccc12)NCCc1ccccc1.